The minimum Gasteiger partial charge on any atom is -0.382 e. The number of rotatable bonds is 6. The van der Waals surface area contributed by atoms with Crippen LogP contribution in [0.4, 0.5) is 11.4 Å². The maximum atomic E-state index is 11.0. The van der Waals surface area contributed by atoms with Gasteiger partial charge in [-0.25, -0.2) is 0 Å². The van der Waals surface area contributed by atoms with Crippen molar-refractivity contribution >= 4 is 38.1 Å². The highest BCUT2D eigenvalue weighted by molar-refractivity contribution is 9.10. The van der Waals surface area contributed by atoms with Crippen LogP contribution in [0.2, 0.25) is 0 Å². The molecule has 7 heteroatoms. The van der Waals surface area contributed by atoms with Gasteiger partial charge in [-0.3, -0.25) is 14.3 Å². The van der Waals surface area contributed by atoms with E-state index in [1.54, 1.807) is 12.3 Å². The monoisotopic (exact) mass is 334 g/mol. The zero-order chi connectivity index (χ0) is 13.7. The van der Waals surface area contributed by atoms with Crippen molar-refractivity contribution in [3.63, 3.8) is 0 Å². The van der Waals surface area contributed by atoms with Gasteiger partial charge < -0.3 is 5.32 Å². The quantitative estimate of drug-likeness (QED) is 0.641. The van der Waals surface area contributed by atoms with Crippen LogP contribution < -0.4 is 5.32 Å². The van der Waals surface area contributed by atoms with Crippen LogP contribution >= 0.6 is 15.9 Å². The van der Waals surface area contributed by atoms with Crippen molar-refractivity contribution in [3.8, 4) is 0 Å². The molecule has 5 nitrogen and oxygen atoms in total. The van der Waals surface area contributed by atoms with Gasteiger partial charge >= 0.3 is 0 Å². The van der Waals surface area contributed by atoms with Gasteiger partial charge in [-0.2, -0.15) is 0 Å². The van der Waals surface area contributed by atoms with Crippen LogP contribution in [-0.4, -0.2) is 27.2 Å². The Labute approximate surface area is 117 Å². The first-order valence-electron chi connectivity index (χ1n) is 5.40. The predicted molar refractivity (Wildman–Crippen MR) is 77.4 cm³/mol. The molecule has 0 fully saturated rings. The Bertz CT molecular complexity index is 468. The molecule has 2 unspecified atom stereocenters. The first kappa shape index (κ1) is 15.1. The van der Waals surface area contributed by atoms with Gasteiger partial charge in [0.05, 0.1) is 4.92 Å². The van der Waals surface area contributed by atoms with E-state index < -0.39 is 15.7 Å². The summed E-state index contributed by atoms with van der Waals surface area (Å²) in [6, 6.07) is 4.75. The van der Waals surface area contributed by atoms with Gasteiger partial charge in [0, 0.05) is 51.1 Å². The highest BCUT2D eigenvalue weighted by Gasteiger charge is 2.11. The Morgan fingerprint density at radius 2 is 2.22 bits per heavy atom. The number of nitro benzene ring substituents is 1. The van der Waals surface area contributed by atoms with Crippen LogP contribution in [-0.2, 0) is 10.8 Å². The molecule has 2 atom stereocenters. The highest BCUT2D eigenvalue weighted by atomic mass is 79.9. The first-order chi connectivity index (χ1) is 8.40. The van der Waals surface area contributed by atoms with E-state index in [0.717, 1.165) is 12.1 Å². The number of hydrogen-bond acceptors (Lipinski definition) is 4. The van der Waals surface area contributed by atoms with Gasteiger partial charge in [-0.05, 0) is 35.3 Å². The number of anilines is 1. The third-order valence-corrected chi connectivity index (χ3v) is 3.87. The standard InChI is InChI=1S/C11H15BrN2O3S/c1-8(5-6-18(2)17)13-11-4-3-9(14(15)16)7-10(11)12/h3-4,7-8,13H,5-6H2,1-2H3. The van der Waals surface area contributed by atoms with Crippen molar-refractivity contribution < 1.29 is 9.13 Å². The van der Waals surface area contributed by atoms with Gasteiger partial charge in [-0.15, -0.1) is 0 Å². The molecule has 0 bridgehead atoms. The second-order valence-corrected chi connectivity index (χ2v) is 6.44. The molecule has 1 rings (SSSR count). The maximum absolute atomic E-state index is 11.0. The number of non-ortho nitro benzene ring substituents is 1. The van der Waals surface area contributed by atoms with E-state index in [1.807, 2.05) is 6.92 Å². The second kappa shape index (κ2) is 6.84. The van der Waals surface area contributed by atoms with Crippen molar-refractivity contribution in [2.24, 2.45) is 0 Å². The fourth-order valence-electron chi connectivity index (χ4n) is 1.42. The molecule has 0 radical (unpaired) electrons. The lowest BCUT2D eigenvalue weighted by molar-refractivity contribution is -0.384. The second-order valence-electron chi connectivity index (χ2n) is 4.03. The molecule has 0 aliphatic carbocycles. The lowest BCUT2D eigenvalue weighted by Crippen LogP contribution is -2.18. The Balaban J connectivity index is 2.67. The molecule has 18 heavy (non-hydrogen) atoms. The third-order valence-electron chi connectivity index (χ3n) is 2.40. The fraction of sp³-hybridized carbons (Fsp3) is 0.455. The number of benzene rings is 1. The summed E-state index contributed by atoms with van der Waals surface area (Å²) in [5, 5.41) is 13.8. The summed E-state index contributed by atoms with van der Waals surface area (Å²) < 4.78 is 11.6. The van der Waals surface area contributed by atoms with Crippen LogP contribution in [0.15, 0.2) is 22.7 Å². The van der Waals surface area contributed by atoms with Crippen LogP contribution in [0.3, 0.4) is 0 Å². The highest BCUT2D eigenvalue weighted by Crippen LogP contribution is 2.27. The Morgan fingerprint density at radius 3 is 2.72 bits per heavy atom. The Hall–Kier alpha value is -0.950. The molecule has 1 aromatic carbocycles. The minimum atomic E-state index is -0.800. The molecule has 100 valence electrons. The van der Waals surface area contributed by atoms with Crippen molar-refractivity contribution in [2.75, 3.05) is 17.3 Å². The van der Waals surface area contributed by atoms with Crippen LogP contribution in [0.25, 0.3) is 0 Å². The SMILES string of the molecule is CC(CCS(C)=O)Nc1ccc([N+](=O)[O-])cc1Br. The summed E-state index contributed by atoms with van der Waals surface area (Å²) in [7, 11) is -0.800. The Morgan fingerprint density at radius 1 is 1.56 bits per heavy atom. The van der Waals surface area contributed by atoms with Gasteiger partial charge in [-0.1, -0.05) is 0 Å². The number of halogens is 1. The number of hydrogen-bond donors (Lipinski definition) is 1. The molecule has 0 heterocycles. The summed E-state index contributed by atoms with van der Waals surface area (Å²) in [6.07, 6.45) is 2.46. The normalized spacial score (nSPS) is 13.9. The summed E-state index contributed by atoms with van der Waals surface area (Å²) in [6.45, 7) is 1.99. The van der Waals surface area contributed by atoms with Crippen LogP contribution in [0.1, 0.15) is 13.3 Å². The van der Waals surface area contributed by atoms with Crippen molar-refractivity contribution in [1.82, 2.24) is 0 Å². The zero-order valence-electron chi connectivity index (χ0n) is 10.2. The molecule has 0 aliphatic rings. The van der Waals surface area contributed by atoms with E-state index in [1.165, 1.54) is 12.1 Å². The third kappa shape index (κ3) is 4.73. The molecule has 1 N–H and O–H groups in total. The topological polar surface area (TPSA) is 72.2 Å². The summed E-state index contributed by atoms with van der Waals surface area (Å²) in [5.41, 5.74) is 0.852. The average Bonchev–Trinajstić information content (AvgIpc) is 2.29. The molecular weight excluding hydrogens is 320 g/mol. The fourth-order valence-corrected chi connectivity index (χ4v) is 2.58. The van der Waals surface area contributed by atoms with E-state index in [9.17, 15) is 14.3 Å². The summed E-state index contributed by atoms with van der Waals surface area (Å²) in [4.78, 5) is 10.2. The molecule has 0 amide bonds. The molecule has 0 saturated heterocycles. The van der Waals surface area contributed by atoms with E-state index in [4.69, 9.17) is 0 Å². The van der Waals surface area contributed by atoms with Gasteiger partial charge in [0.2, 0.25) is 0 Å². The smallest absolute Gasteiger partial charge is 0.270 e. The molecular formula is C11H15BrN2O3S. The molecule has 0 saturated carbocycles. The predicted octanol–water partition coefficient (Wildman–Crippen LogP) is 2.93. The molecule has 0 aromatic heterocycles. The Kier molecular flexibility index (Phi) is 5.74. The van der Waals surface area contributed by atoms with Gasteiger partial charge in [0.1, 0.15) is 0 Å². The first-order valence-corrected chi connectivity index (χ1v) is 7.92. The maximum Gasteiger partial charge on any atom is 0.270 e. The zero-order valence-corrected chi connectivity index (χ0v) is 12.6. The number of nitrogens with one attached hydrogen (secondary N) is 1. The lowest BCUT2D eigenvalue weighted by atomic mass is 10.2. The van der Waals surface area contributed by atoms with E-state index in [0.29, 0.717) is 10.2 Å². The average molecular weight is 335 g/mol. The van der Waals surface area contributed by atoms with Crippen LogP contribution in [0.5, 0.6) is 0 Å². The van der Waals surface area contributed by atoms with E-state index >= 15 is 0 Å². The lowest BCUT2D eigenvalue weighted by Gasteiger charge is -2.15. The van der Waals surface area contributed by atoms with Crippen molar-refractivity contribution in [2.45, 2.75) is 19.4 Å². The van der Waals surface area contributed by atoms with Crippen LogP contribution in [0, 0.1) is 10.1 Å². The minimum absolute atomic E-state index is 0.0507. The molecule has 1 aromatic rings. The largest absolute Gasteiger partial charge is 0.382 e. The summed E-state index contributed by atoms with van der Waals surface area (Å²) in [5.74, 6) is 0.638. The van der Waals surface area contributed by atoms with Crippen molar-refractivity contribution in [3.05, 3.63) is 32.8 Å². The van der Waals surface area contributed by atoms with Crippen molar-refractivity contribution in [1.29, 1.82) is 0 Å². The van der Waals surface area contributed by atoms with Gasteiger partial charge in [0.15, 0.2) is 0 Å². The summed E-state index contributed by atoms with van der Waals surface area (Å²) >= 11 is 3.30. The van der Waals surface area contributed by atoms with Gasteiger partial charge in [0.25, 0.3) is 5.69 Å². The number of nitro groups is 1. The van der Waals surface area contributed by atoms with E-state index in [-0.39, 0.29) is 11.7 Å². The number of nitrogens with zero attached hydrogens (tertiary/aromatic N) is 1. The van der Waals surface area contributed by atoms with E-state index in [2.05, 4.69) is 21.2 Å². The molecule has 0 aliphatic heterocycles. The molecule has 0 spiro atoms.